The third-order valence-electron chi connectivity index (χ3n) is 2.85. The second-order valence-corrected chi connectivity index (χ2v) is 4.09. The SMILES string of the molecule is CC(CC#N)N(C)c1ccc(C(=O)O)cc1[N+](=O)[O-]. The average Bonchev–Trinajstić information content (AvgIpc) is 2.37. The van der Waals surface area contributed by atoms with Crippen molar-refractivity contribution in [2.45, 2.75) is 19.4 Å². The highest BCUT2D eigenvalue weighted by molar-refractivity contribution is 5.89. The zero-order valence-corrected chi connectivity index (χ0v) is 10.5. The Morgan fingerprint density at radius 2 is 2.26 bits per heavy atom. The number of nitriles is 1. The lowest BCUT2D eigenvalue weighted by molar-refractivity contribution is -0.384. The Bertz CT molecular complexity index is 550. The van der Waals surface area contributed by atoms with E-state index in [-0.39, 0.29) is 29.4 Å². The summed E-state index contributed by atoms with van der Waals surface area (Å²) in [6.45, 7) is 1.76. The standard InChI is InChI=1S/C12H13N3O4/c1-8(5-6-13)14(2)10-4-3-9(12(16)17)7-11(10)15(18)19/h3-4,7-8H,5H2,1-2H3,(H,16,17). The lowest BCUT2D eigenvalue weighted by atomic mass is 10.1. The van der Waals surface area contributed by atoms with Gasteiger partial charge >= 0.3 is 5.97 Å². The number of carbonyl (C=O) groups is 1. The Morgan fingerprint density at radius 1 is 1.63 bits per heavy atom. The zero-order chi connectivity index (χ0) is 14.6. The van der Waals surface area contributed by atoms with Gasteiger partial charge in [0.2, 0.25) is 0 Å². The monoisotopic (exact) mass is 263 g/mol. The van der Waals surface area contributed by atoms with Crippen molar-refractivity contribution in [3.05, 3.63) is 33.9 Å². The molecule has 19 heavy (non-hydrogen) atoms. The van der Waals surface area contributed by atoms with Crippen LogP contribution in [0.15, 0.2) is 18.2 Å². The van der Waals surface area contributed by atoms with Gasteiger partial charge in [0, 0.05) is 19.2 Å². The lowest BCUT2D eigenvalue weighted by Crippen LogP contribution is -2.29. The van der Waals surface area contributed by atoms with Crippen LogP contribution in [0.2, 0.25) is 0 Å². The molecule has 0 aromatic heterocycles. The molecule has 0 fully saturated rings. The quantitative estimate of drug-likeness (QED) is 0.643. The molecule has 0 saturated heterocycles. The summed E-state index contributed by atoms with van der Waals surface area (Å²) in [6.07, 6.45) is 0.217. The molecule has 0 radical (unpaired) electrons. The normalized spacial score (nSPS) is 11.4. The number of anilines is 1. The smallest absolute Gasteiger partial charge is 0.335 e. The maximum Gasteiger partial charge on any atom is 0.335 e. The lowest BCUT2D eigenvalue weighted by Gasteiger charge is -2.24. The zero-order valence-electron chi connectivity index (χ0n) is 10.5. The molecule has 7 nitrogen and oxygen atoms in total. The van der Waals surface area contributed by atoms with E-state index in [2.05, 4.69) is 0 Å². The van der Waals surface area contributed by atoms with Gasteiger partial charge in [-0.1, -0.05) is 0 Å². The van der Waals surface area contributed by atoms with E-state index in [0.717, 1.165) is 6.07 Å². The molecule has 100 valence electrons. The van der Waals surface area contributed by atoms with Gasteiger partial charge in [-0.05, 0) is 19.1 Å². The van der Waals surface area contributed by atoms with Gasteiger partial charge in [-0.25, -0.2) is 4.79 Å². The molecule has 1 aromatic rings. The van der Waals surface area contributed by atoms with E-state index < -0.39 is 10.9 Å². The predicted molar refractivity (Wildman–Crippen MR) is 68.2 cm³/mol. The number of nitro groups is 1. The summed E-state index contributed by atoms with van der Waals surface area (Å²) in [5, 5.41) is 28.5. The summed E-state index contributed by atoms with van der Waals surface area (Å²) in [5.41, 5.74) is -0.137. The van der Waals surface area contributed by atoms with Crippen LogP contribution in [0.1, 0.15) is 23.7 Å². The van der Waals surface area contributed by atoms with Crippen LogP contribution in [0.5, 0.6) is 0 Å². The molecule has 0 amide bonds. The van der Waals surface area contributed by atoms with Crippen LogP contribution < -0.4 is 4.90 Å². The van der Waals surface area contributed by atoms with Gasteiger partial charge in [0.05, 0.1) is 23.0 Å². The molecule has 0 heterocycles. The fraction of sp³-hybridized carbons (Fsp3) is 0.333. The van der Waals surface area contributed by atoms with Crippen molar-refractivity contribution in [1.82, 2.24) is 0 Å². The third kappa shape index (κ3) is 3.19. The Hall–Kier alpha value is -2.62. The van der Waals surface area contributed by atoms with E-state index in [1.807, 2.05) is 6.07 Å². The van der Waals surface area contributed by atoms with Gasteiger partial charge < -0.3 is 10.0 Å². The second kappa shape index (κ2) is 5.82. The van der Waals surface area contributed by atoms with Gasteiger partial charge in [-0.3, -0.25) is 10.1 Å². The Labute approximate surface area is 109 Å². The summed E-state index contributed by atoms with van der Waals surface area (Å²) in [7, 11) is 1.63. The van der Waals surface area contributed by atoms with E-state index in [1.54, 1.807) is 18.9 Å². The van der Waals surface area contributed by atoms with Crippen molar-refractivity contribution in [3.63, 3.8) is 0 Å². The summed E-state index contributed by atoms with van der Waals surface area (Å²) in [5.74, 6) is -1.22. The van der Waals surface area contributed by atoms with Crippen molar-refractivity contribution >= 4 is 17.3 Å². The molecule has 1 aromatic carbocycles. The summed E-state index contributed by atoms with van der Waals surface area (Å²) in [6, 6.07) is 5.49. The van der Waals surface area contributed by atoms with Crippen LogP contribution in [0.4, 0.5) is 11.4 Å². The Morgan fingerprint density at radius 3 is 2.74 bits per heavy atom. The number of hydrogen-bond donors (Lipinski definition) is 1. The molecular weight excluding hydrogens is 250 g/mol. The molecule has 1 rings (SSSR count). The minimum absolute atomic E-state index is 0.142. The number of nitro benzene ring substituents is 1. The summed E-state index contributed by atoms with van der Waals surface area (Å²) >= 11 is 0. The number of carboxylic acid groups (broad SMARTS) is 1. The topological polar surface area (TPSA) is 107 Å². The van der Waals surface area contributed by atoms with E-state index in [9.17, 15) is 14.9 Å². The van der Waals surface area contributed by atoms with E-state index >= 15 is 0 Å². The van der Waals surface area contributed by atoms with Gasteiger partial charge in [-0.15, -0.1) is 0 Å². The first kappa shape index (κ1) is 14.4. The first-order chi connectivity index (χ1) is 8.88. The molecule has 0 saturated carbocycles. The molecule has 0 aliphatic heterocycles. The van der Waals surface area contributed by atoms with Gasteiger partial charge in [0.1, 0.15) is 5.69 Å². The number of benzene rings is 1. The van der Waals surface area contributed by atoms with Crippen LogP contribution >= 0.6 is 0 Å². The van der Waals surface area contributed by atoms with Crippen LogP contribution in [0, 0.1) is 21.4 Å². The number of carboxylic acids is 1. The molecular formula is C12H13N3O4. The van der Waals surface area contributed by atoms with Gasteiger partial charge in [-0.2, -0.15) is 5.26 Å². The first-order valence-electron chi connectivity index (χ1n) is 5.50. The fourth-order valence-electron chi connectivity index (χ4n) is 1.61. The highest BCUT2D eigenvalue weighted by Gasteiger charge is 2.22. The molecule has 0 aliphatic carbocycles. The highest BCUT2D eigenvalue weighted by Crippen LogP contribution is 2.30. The number of aromatic carboxylic acids is 1. The number of hydrogen-bond acceptors (Lipinski definition) is 5. The molecule has 7 heteroatoms. The van der Waals surface area contributed by atoms with Crippen LogP contribution in [0.3, 0.4) is 0 Å². The number of nitrogens with zero attached hydrogens (tertiary/aromatic N) is 3. The molecule has 0 bridgehead atoms. The highest BCUT2D eigenvalue weighted by atomic mass is 16.6. The molecule has 1 N–H and O–H groups in total. The van der Waals surface area contributed by atoms with E-state index in [0.29, 0.717) is 0 Å². The summed E-state index contributed by atoms with van der Waals surface area (Å²) < 4.78 is 0. The van der Waals surface area contributed by atoms with Gasteiger partial charge in [0.25, 0.3) is 5.69 Å². The summed E-state index contributed by atoms with van der Waals surface area (Å²) in [4.78, 5) is 22.8. The van der Waals surface area contributed by atoms with Crippen molar-refractivity contribution in [2.75, 3.05) is 11.9 Å². The van der Waals surface area contributed by atoms with Gasteiger partial charge in [0.15, 0.2) is 0 Å². The van der Waals surface area contributed by atoms with Crippen molar-refractivity contribution in [3.8, 4) is 6.07 Å². The minimum atomic E-state index is -1.22. The second-order valence-electron chi connectivity index (χ2n) is 4.09. The molecule has 0 spiro atoms. The fourth-order valence-corrected chi connectivity index (χ4v) is 1.61. The van der Waals surface area contributed by atoms with Crippen molar-refractivity contribution in [1.29, 1.82) is 5.26 Å². The Balaban J connectivity index is 3.24. The van der Waals surface area contributed by atoms with Crippen LogP contribution in [0.25, 0.3) is 0 Å². The van der Waals surface area contributed by atoms with E-state index in [4.69, 9.17) is 10.4 Å². The average molecular weight is 263 g/mol. The predicted octanol–water partition coefficient (Wildman–Crippen LogP) is 2.03. The Kier molecular flexibility index (Phi) is 4.42. The van der Waals surface area contributed by atoms with Crippen LogP contribution in [-0.4, -0.2) is 29.1 Å². The molecule has 1 unspecified atom stereocenters. The first-order valence-corrected chi connectivity index (χ1v) is 5.50. The maximum atomic E-state index is 11.0. The third-order valence-corrected chi connectivity index (χ3v) is 2.85. The largest absolute Gasteiger partial charge is 0.478 e. The van der Waals surface area contributed by atoms with E-state index in [1.165, 1.54) is 12.1 Å². The van der Waals surface area contributed by atoms with Crippen LogP contribution in [-0.2, 0) is 0 Å². The molecule has 1 atom stereocenters. The molecule has 0 aliphatic rings. The maximum absolute atomic E-state index is 11.0. The number of rotatable bonds is 5. The van der Waals surface area contributed by atoms with Crippen molar-refractivity contribution < 1.29 is 14.8 Å². The minimum Gasteiger partial charge on any atom is -0.478 e. The van der Waals surface area contributed by atoms with Crippen molar-refractivity contribution in [2.24, 2.45) is 0 Å².